The Morgan fingerprint density at radius 3 is 2.58 bits per heavy atom. The first kappa shape index (κ1) is 19.7. The lowest BCUT2D eigenvalue weighted by molar-refractivity contribution is -0.145. The highest BCUT2D eigenvalue weighted by molar-refractivity contribution is 5.80. The van der Waals surface area contributed by atoms with Gasteiger partial charge in [-0.15, -0.1) is 6.58 Å². The fourth-order valence-electron chi connectivity index (χ4n) is 5.24. The molecule has 148 valence electrons. The standard InChI is InChI=1S/C21H38N4O/c1-4-13-25-14-9-17(10-15-25)23-20(22-3)24-18-16-19(26-5-2)21(18)11-7-6-8-12-21/h4,17-19H,1,5-16H2,2-3H3,(H2,22,23,24). The van der Waals surface area contributed by atoms with Gasteiger partial charge in [-0.1, -0.05) is 25.3 Å². The summed E-state index contributed by atoms with van der Waals surface area (Å²) >= 11 is 0. The van der Waals surface area contributed by atoms with Crippen molar-refractivity contribution in [3.8, 4) is 0 Å². The van der Waals surface area contributed by atoms with Crippen LogP contribution in [0.1, 0.15) is 58.3 Å². The number of rotatable bonds is 6. The van der Waals surface area contributed by atoms with Crippen LogP contribution in [0.25, 0.3) is 0 Å². The van der Waals surface area contributed by atoms with Gasteiger partial charge < -0.3 is 15.4 Å². The molecule has 3 aliphatic rings. The van der Waals surface area contributed by atoms with Crippen LogP contribution in [0.2, 0.25) is 0 Å². The summed E-state index contributed by atoms with van der Waals surface area (Å²) in [5, 5.41) is 7.45. The monoisotopic (exact) mass is 362 g/mol. The maximum absolute atomic E-state index is 6.09. The first-order chi connectivity index (χ1) is 12.7. The second-order valence-electron chi connectivity index (χ2n) is 8.25. The van der Waals surface area contributed by atoms with Crippen molar-refractivity contribution in [2.45, 2.75) is 76.5 Å². The third-order valence-corrected chi connectivity index (χ3v) is 6.79. The molecule has 2 N–H and O–H groups in total. The Morgan fingerprint density at radius 2 is 1.96 bits per heavy atom. The van der Waals surface area contributed by atoms with Gasteiger partial charge >= 0.3 is 0 Å². The zero-order valence-corrected chi connectivity index (χ0v) is 16.8. The number of hydrogen-bond donors (Lipinski definition) is 2. The quantitative estimate of drug-likeness (QED) is 0.433. The van der Waals surface area contributed by atoms with Crippen molar-refractivity contribution >= 4 is 5.96 Å². The number of guanidine groups is 1. The summed E-state index contributed by atoms with van der Waals surface area (Å²) in [5.41, 5.74) is 0.333. The summed E-state index contributed by atoms with van der Waals surface area (Å²) in [6.07, 6.45) is 12.6. The number of piperidine rings is 1. The van der Waals surface area contributed by atoms with Gasteiger partial charge in [0.05, 0.1) is 6.10 Å². The molecule has 2 atom stereocenters. The van der Waals surface area contributed by atoms with E-state index in [0.717, 1.165) is 38.6 Å². The molecule has 2 saturated carbocycles. The molecule has 0 aromatic carbocycles. The highest BCUT2D eigenvalue weighted by Gasteiger charge is 2.55. The summed E-state index contributed by atoms with van der Waals surface area (Å²) in [7, 11) is 1.90. The van der Waals surface area contributed by atoms with Gasteiger partial charge in [0.2, 0.25) is 0 Å². The zero-order valence-electron chi connectivity index (χ0n) is 16.8. The molecule has 2 aliphatic carbocycles. The molecular weight excluding hydrogens is 324 g/mol. The highest BCUT2D eigenvalue weighted by atomic mass is 16.5. The van der Waals surface area contributed by atoms with Gasteiger partial charge in [-0.3, -0.25) is 9.89 Å². The van der Waals surface area contributed by atoms with Crippen molar-refractivity contribution in [2.24, 2.45) is 10.4 Å². The number of aliphatic imine (C=N–C) groups is 1. The van der Waals surface area contributed by atoms with Gasteiger partial charge in [0.25, 0.3) is 0 Å². The molecule has 5 nitrogen and oxygen atoms in total. The molecule has 3 rings (SSSR count). The minimum Gasteiger partial charge on any atom is -0.378 e. The lowest BCUT2D eigenvalue weighted by atomic mass is 9.55. The molecule has 1 spiro atoms. The van der Waals surface area contributed by atoms with E-state index in [4.69, 9.17) is 4.74 Å². The first-order valence-corrected chi connectivity index (χ1v) is 10.7. The van der Waals surface area contributed by atoms with Gasteiger partial charge in [0.15, 0.2) is 5.96 Å². The van der Waals surface area contributed by atoms with Crippen LogP contribution in [0, 0.1) is 5.41 Å². The number of ether oxygens (including phenoxy) is 1. The van der Waals surface area contributed by atoms with Crippen LogP contribution >= 0.6 is 0 Å². The minimum atomic E-state index is 0.333. The van der Waals surface area contributed by atoms with E-state index in [0.29, 0.717) is 23.6 Å². The summed E-state index contributed by atoms with van der Waals surface area (Å²) in [6.45, 7) is 10.1. The van der Waals surface area contributed by atoms with E-state index >= 15 is 0 Å². The molecule has 0 radical (unpaired) electrons. The van der Waals surface area contributed by atoms with Gasteiger partial charge in [-0.05, 0) is 39.0 Å². The average molecular weight is 363 g/mol. The predicted molar refractivity (Wildman–Crippen MR) is 109 cm³/mol. The van der Waals surface area contributed by atoms with Crippen LogP contribution in [-0.2, 0) is 4.74 Å². The van der Waals surface area contributed by atoms with E-state index in [2.05, 4.69) is 34.0 Å². The predicted octanol–water partition coefficient (Wildman–Crippen LogP) is 2.93. The topological polar surface area (TPSA) is 48.9 Å². The maximum Gasteiger partial charge on any atom is 0.191 e. The number of hydrogen-bond acceptors (Lipinski definition) is 3. The third kappa shape index (κ3) is 4.25. The van der Waals surface area contributed by atoms with Crippen LogP contribution in [0.3, 0.4) is 0 Å². The van der Waals surface area contributed by atoms with E-state index in [1.54, 1.807) is 0 Å². The minimum absolute atomic E-state index is 0.333. The molecule has 0 amide bonds. The molecule has 2 unspecified atom stereocenters. The molecule has 5 heteroatoms. The Balaban J connectivity index is 1.52. The van der Waals surface area contributed by atoms with Gasteiger partial charge in [-0.2, -0.15) is 0 Å². The number of nitrogens with one attached hydrogen (secondary N) is 2. The van der Waals surface area contributed by atoms with Crippen LogP contribution in [0.4, 0.5) is 0 Å². The van der Waals surface area contributed by atoms with Crippen LogP contribution in [0.5, 0.6) is 0 Å². The van der Waals surface area contributed by atoms with Crippen LogP contribution in [0.15, 0.2) is 17.6 Å². The lowest BCUT2D eigenvalue weighted by Crippen LogP contribution is -2.67. The molecular formula is C21H38N4O. The Morgan fingerprint density at radius 1 is 1.23 bits per heavy atom. The third-order valence-electron chi connectivity index (χ3n) is 6.79. The summed E-state index contributed by atoms with van der Waals surface area (Å²) < 4.78 is 6.09. The summed E-state index contributed by atoms with van der Waals surface area (Å²) in [5.74, 6) is 0.983. The second kappa shape index (κ2) is 9.23. The van der Waals surface area contributed by atoms with Crippen LogP contribution in [-0.4, -0.2) is 62.3 Å². The van der Waals surface area contributed by atoms with Crippen molar-refractivity contribution < 1.29 is 4.74 Å². The smallest absolute Gasteiger partial charge is 0.191 e. The highest BCUT2D eigenvalue weighted by Crippen LogP contribution is 2.53. The van der Waals surface area contributed by atoms with Crippen molar-refractivity contribution in [3.05, 3.63) is 12.7 Å². The second-order valence-corrected chi connectivity index (χ2v) is 8.25. The molecule has 0 aromatic heterocycles. The van der Waals surface area contributed by atoms with Crippen molar-refractivity contribution in [3.63, 3.8) is 0 Å². The summed E-state index contributed by atoms with van der Waals surface area (Å²) in [6, 6.07) is 1.03. The molecule has 1 saturated heterocycles. The normalized spacial score (nSPS) is 30.0. The number of nitrogens with zero attached hydrogens (tertiary/aromatic N) is 2. The van der Waals surface area contributed by atoms with Gasteiger partial charge in [-0.25, -0.2) is 0 Å². The molecule has 1 aliphatic heterocycles. The van der Waals surface area contributed by atoms with E-state index in [1.807, 2.05) is 13.1 Å². The number of likely N-dealkylation sites (tertiary alicyclic amines) is 1. The van der Waals surface area contributed by atoms with Gasteiger partial charge in [0.1, 0.15) is 0 Å². The Bertz CT molecular complexity index is 478. The summed E-state index contributed by atoms with van der Waals surface area (Å²) in [4.78, 5) is 7.00. The molecule has 0 bridgehead atoms. The van der Waals surface area contributed by atoms with E-state index in [1.165, 1.54) is 44.9 Å². The first-order valence-electron chi connectivity index (χ1n) is 10.7. The largest absolute Gasteiger partial charge is 0.378 e. The molecule has 26 heavy (non-hydrogen) atoms. The Hall–Kier alpha value is -1.07. The van der Waals surface area contributed by atoms with E-state index in [-0.39, 0.29) is 0 Å². The zero-order chi connectivity index (χ0) is 18.4. The SMILES string of the molecule is C=CCN1CCC(NC(=NC)NC2CC(OCC)C23CCCCC3)CC1. The van der Waals surface area contributed by atoms with Crippen LogP contribution < -0.4 is 10.6 Å². The Labute approximate surface area is 159 Å². The van der Waals surface area contributed by atoms with Crippen molar-refractivity contribution in [1.29, 1.82) is 0 Å². The van der Waals surface area contributed by atoms with Crippen molar-refractivity contribution in [1.82, 2.24) is 15.5 Å². The van der Waals surface area contributed by atoms with Crippen molar-refractivity contribution in [2.75, 3.05) is 33.3 Å². The lowest BCUT2D eigenvalue weighted by Gasteiger charge is -2.58. The fourth-order valence-corrected chi connectivity index (χ4v) is 5.24. The molecule has 1 heterocycles. The molecule has 3 fully saturated rings. The van der Waals surface area contributed by atoms with E-state index in [9.17, 15) is 0 Å². The van der Waals surface area contributed by atoms with E-state index < -0.39 is 0 Å². The Kier molecular flexibility index (Phi) is 6.98. The maximum atomic E-state index is 6.09. The average Bonchev–Trinajstić information content (AvgIpc) is 2.68. The van der Waals surface area contributed by atoms with Gasteiger partial charge in [0, 0.05) is 50.8 Å². The molecule has 0 aromatic rings. The fraction of sp³-hybridized carbons (Fsp3) is 0.857.